The molecule has 112 valence electrons. The Balaban J connectivity index is 1.97. The molecule has 0 aromatic carbocycles. The van der Waals surface area contributed by atoms with E-state index in [0.717, 1.165) is 32.1 Å². The molecule has 0 aromatic heterocycles. The van der Waals surface area contributed by atoms with Crippen molar-refractivity contribution in [3.63, 3.8) is 0 Å². The van der Waals surface area contributed by atoms with E-state index < -0.39 is 11.9 Å². The van der Waals surface area contributed by atoms with Gasteiger partial charge in [-0.15, -0.1) is 0 Å². The minimum atomic E-state index is -0.785. The first-order valence-corrected chi connectivity index (χ1v) is 7.52. The lowest BCUT2D eigenvalue weighted by Gasteiger charge is -2.30. The van der Waals surface area contributed by atoms with Gasteiger partial charge in [-0.1, -0.05) is 30.9 Å². The SMILES string of the molecule is CC1=CCCN(C(=O)NC2CCCCCC2C(=O)O)C1. The van der Waals surface area contributed by atoms with Gasteiger partial charge in [0.1, 0.15) is 0 Å². The van der Waals surface area contributed by atoms with Gasteiger partial charge < -0.3 is 15.3 Å². The molecule has 2 amide bonds. The van der Waals surface area contributed by atoms with Crippen molar-refractivity contribution >= 4 is 12.0 Å². The van der Waals surface area contributed by atoms with Gasteiger partial charge in [0, 0.05) is 19.1 Å². The van der Waals surface area contributed by atoms with Gasteiger partial charge in [0.25, 0.3) is 0 Å². The summed E-state index contributed by atoms with van der Waals surface area (Å²) in [7, 11) is 0. The lowest BCUT2D eigenvalue weighted by Crippen LogP contribution is -2.50. The number of hydrogen-bond donors (Lipinski definition) is 2. The van der Waals surface area contributed by atoms with Crippen LogP contribution in [-0.4, -0.2) is 41.1 Å². The third kappa shape index (κ3) is 3.74. The third-order valence-corrected chi connectivity index (χ3v) is 4.26. The molecule has 0 spiro atoms. The van der Waals surface area contributed by atoms with Crippen LogP contribution < -0.4 is 5.32 Å². The van der Waals surface area contributed by atoms with Crippen molar-refractivity contribution < 1.29 is 14.7 Å². The summed E-state index contributed by atoms with van der Waals surface area (Å²) in [5.74, 6) is -1.23. The van der Waals surface area contributed by atoms with E-state index in [1.807, 2.05) is 6.92 Å². The summed E-state index contributed by atoms with van der Waals surface area (Å²) >= 11 is 0. The normalized spacial score (nSPS) is 27.4. The molecule has 1 fully saturated rings. The number of aliphatic carboxylic acids is 1. The molecule has 0 radical (unpaired) electrons. The molecule has 0 aromatic rings. The molecule has 0 bridgehead atoms. The van der Waals surface area contributed by atoms with E-state index in [9.17, 15) is 14.7 Å². The second-order valence-electron chi connectivity index (χ2n) is 5.90. The molecule has 1 heterocycles. The van der Waals surface area contributed by atoms with Crippen LogP contribution in [0.15, 0.2) is 11.6 Å². The fraction of sp³-hybridized carbons (Fsp3) is 0.733. The van der Waals surface area contributed by atoms with Crippen LogP contribution in [0.3, 0.4) is 0 Å². The highest BCUT2D eigenvalue weighted by Crippen LogP contribution is 2.24. The van der Waals surface area contributed by atoms with E-state index in [1.165, 1.54) is 5.57 Å². The Morgan fingerprint density at radius 2 is 2.05 bits per heavy atom. The Morgan fingerprint density at radius 3 is 2.75 bits per heavy atom. The Kier molecular flexibility index (Phi) is 5.04. The number of carbonyl (C=O) groups excluding carboxylic acids is 1. The van der Waals surface area contributed by atoms with Crippen molar-refractivity contribution in [3.05, 3.63) is 11.6 Å². The van der Waals surface area contributed by atoms with Crippen LogP contribution in [0.25, 0.3) is 0 Å². The maximum atomic E-state index is 12.3. The minimum absolute atomic E-state index is 0.115. The highest BCUT2D eigenvalue weighted by molar-refractivity contribution is 5.77. The van der Waals surface area contributed by atoms with Gasteiger partial charge in [0.2, 0.25) is 0 Å². The minimum Gasteiger partial charge on any atom is -0.481 e. The lowest BCUT2D eigenvalue weighted by atomic mass is 9.95. The zero-order chi connectivity index (χ0) is 14.5. The fourth-order valence-corrected chi connectivity index (χ4v) is 3.11. The van der Waals surface area contributed by atoms with Crippen LogP contribution in [0.4, 0.5) is 4.79 Å². The smallest absolute Gasteiger partial charge is 0.317 e. The quantitative estimate of drug-likeness (QED) is 0.602. The number of nitrogens with zero attached hydrogens (tertiary/aromatic N) is 1. The van der Waals surface area contributed by atoms with Gasteiger partial charge >= 0.3 is 12.0 Å². The molecule has 2 atom stereocenters. The predicted octanol–water partition coefficient (Wildman–Crippen LogP) is 2.38. The molecule has 20 heavy (non-hydrogen) atoms. The van der Waals surface area contributed by atoms with Crippen LogP contribution >= 0.6 is 0 Å². The number of hydrogen-bond acceptors (Lipinski definition) is 2. The molecule has 1 saturated carbocycles. The standard InChI is InChI=1S/C15H24N2O3/c1-11-6-5-9-17(10-11)15(20)16-13-8-4-2-3-7-12(13)14(18)19/h6,12-13H,2-5,7-10H2,1H3,(H,16,20)(H,18,19). The van der Waals surface area contributed by atoms with Gasteiger partial charge in [-0.25, -0.2) is 4.79 Å². The van der Waals surface area contributed by atoms with Crippen LogP contribution in [-0.2, 0) is 4.79 Å². The van der Waals surface area contributed by atoms with Gasteiger partial charge in [-0.3, -0.25) is 4.79 Å². The van der Waals surface area contributed by atoms with E-state index in [1.54, 1.807) is 4.90 Å². The van der Waals surface area contributed by atoms with E-state index in [4.69, 9.17) is 0 Å². The first-order chi connectivity index (χ1) is 9.58. The highest BCUT2D eigenvalue weighted by Gasteiger charge is 2.31. The zero-order valence-electron chi connectivity index (χ0n) is 12.1. The van der Waals surface area contributed by atoms with Crippen molar-refractivity contribution in [2.75, 3.05) is 13.1 Å². The van der Waals surface area contributed by atoms with Gasteiger partial charge in [0.05, 0.1) is 5.92 Å². The summed E-state index contributed by atoms with van der Waals surface area (Å²) in [6.45, 7) is 3.38. The number of amides is 2. The van der Waals surface area contributed by atoms with E-state index in [-0.39, 0.29) is 12.1 Å². The third-order valence-electron chi connectivity index (χ3n) is 4.26. The average molecular weight is 280 g/mol. The average Bonchev–Trinajstić information content (AvgIpc) is 2.64. The number of nitrogens with one attached hydrogen (secondary N) is 1. The maximum Gasteiger partial charge on any atom is 0.317 e. The second-order valence-corrected chi connectivity index (χ2v) is 5.90. The number of rotatable bonds is 2. The van der Waals surface area contributed by atoms with Crippen molar-refractivity contribution in [2.24, 2.45) is 5.92 Å². The molecule has 1 aliphatic carbocycles. The first kappa shape index (κ1) is 14.9. The van der Waals surface area contributed by atoms with Crippen LogP contribution in [0.5, 0.6) is 0 Å². The van der Waals surface area contributed by atoms with Gasteiger partial charge in [-0.05, 0) is 26.2 Å². The molecular weight excluding hydrogens is 256 g/mol. The topological polar surface area (TPSA) is 69.6 Å². The molecule has 2 aliphatic rings. The van der Waals surface area contributed by atoms with Crippen molar-refractivity contribution in [2.45, 2.75) is 51.5 Å². The largest absolute Gasteiger partial charge is 0.481 e. The maximum absolute atomic E-state index is 12.3. The summed E-state index contributed by atoms with van der Waals surface area (Å²) in [6.07, 6.45) is 7.45. The Morgan fingerprint density at radius 1 is 1.30 bits per heavy atom. The van der Waals surface area contributed by atoms with Crippen LogP contribution in [0.2, 0.25) is 0 Å². The van der Waals surface area contributed by atoms with Crippen molar-refractivity contribution in [1.29, 1.82) is 0 Å². The highest BCUT2D eigenvalue weighted by atomic mass is 16.4. The summed E-state index contributed by atoms with van der Waals surface area (Å²) in [6, 6.07) is -0.343. The van der Waals surface area contributed by atoms with E-state index in [0.29, 0.717) is 19.5 Å². The summed E-state index contributed by atoms with van der Waals surface area (Å²) < 4.78 is 0. The number of carbonyl (C=O) groups is 2. The van der Waals surface area contributed by atoms with Crippen molar-refractivity contribution in [3.8, 4) is 0 Å². The molecule has 5 heteroatoms. The summed E-state index contributed by atoms with van der Waals surface area (Å²) in [5.41, 5.74) is 1.20. The predicted molar refractivity (Wildman–Crippen MR) is 76.5 cm³/mol. The number of carboxylic acids is 1. The molecule has 2 unspecified atom stereocenters. The zero-order valence-corrected chi connectivity index (χ0v) is 12.1. The van der Waals surface area contributed by atoms with E-state index >= 15 is 0 Å². The molecule has 2 rings (SSSR count). The number of carboxylic acid groups (broad SMARTS) is 1. The second kappa shape index (κ2) is 6.77. The van der Waals surface area contributed by atoms with Crippen LogP contribution in [0.1, 0.15) is 45.4 Å². The number of urea groups is 1. The molecule has 2 N–H and O–H groups in total. The molecular formula is C15H24N2O3. The monoisotopic (exact) mass is 280 g/mol. The molecule has 1 aliphatic heterocycles. The molecule has 0 saturated heterocycles. The van der Waals surface area contributed by atoms with E-state index in [2.05, 4.69) is 11.4 Å². The van der Waals surface area contributed by atoms with Crippen LogP contribution in [0, 0.1) is 5.92 Å². The fourth-order valence-electron chi connectivity index (χ4n) is 3.11. The summed E-state index contributed by atoms with van der Waals surface area (Å²) in [4.78, 5) is 25.4. The first-order valence-electron chi connectivity index (χ1n) is 7.52. The Labute approximate surface area is 120 Å². The Hall–Kier alpha value is -1.52. The lowest BCUT2D eigenvalue weighted by molar-refractivity contribution is -0.142. The Bertz CT molecular complexity index is 406. The van der Waals surface area contributed by atoms with Gasteiger partial charge in [0.15, 0.2) is 0 Å². The van der Waals surface area contributed by atoms with Gasteiger partial charge in [-0.2, -0.15) is 0 Å². The van der Waals surface area contributed by atoms with Crippen molar-refractivity contribution in [1.82, 2.24) is 10.2 Å². The summed E-state index contributed by atoms with van der Waals surface area (Å²) in [5, 5.41) is 12.3. The molecule has 5 nitrogen and oxygen atoms in total.